The van der Waals surface area contributed by atoms with E-state index >= 15 is 0 Å². The minimum Gasteiger partial charge on any atom is -0.460 e. The Kier molecular flexibility index (Phi) is 5.76. The highest BCUT2D eigenvalue weighted by Crippen LogP contribution is 2.32. The summed E-state index contributed by atoms with van der Waals surface area (Å²) in [4.78, 5) is 10.6. The maximum Gasteiger partial charge on any atom is 0.303 e. The molecule has 1 rings (SSSR count). The molecule has 0 aromatic rings. The van der Waals surface area contributed by atoms with Crippen molar-refractivity contribution >= 4 is 5.97 Å². The monoisotopic (exact) mass is 186 g/mol. The van der Waals surface area contributed by atoms with Crippen LogP contribution in [0.4, 0.5) is 0 Å². The zero-order chi connectivity index (χ0) is 10.3. The fourth-order valence-corrected chi connectivity index (χ4v) is 1.57. The molecule has 0 radical (unpaired) electrons. The highest BCUT2D eigenvalue weighted by molar-refractivity contribution is 5.66. The van der Waals surface area contributed by atoms with Gasteiger partial charge in [-0.05, 0) is 32.6 Å². The van der Waals surface area contributed by atoms with E-state index in [1.54, 1.807) is 0 Å². The molecule has 0 aromatic heterocycles. The predicted molar refractivity (Wildman–Crippen MR) is 54.6 cm³/mol. The van der Waals surface area contributed by atoms with Gasteiger partial charge in [0, 0.05) is 6.92 Å². The summed E-state index contributed by atoms with van der Waals surface area (Å²) in [6.45, 7) is 7.74. The largest absolute Gasteiger partial charge is 0.460 e. The molecule has 1 fully saturated rings. The van der Waals surface area contributed by atoms with Crippen LogP contribution in [-0.4, -0.2) is 11.6 Å². The van der Waals surface area contributed by atoms with E-state index in [9.17, 15) is 4.79 Å². The van der Waals surface area contributed by atoms with E-state index in [2.05, 4.69) is 13.8 Å². The molecular formula is C11H22O2. The second kappa shape index (κ2) is 6.01. The molecule has 1 aliphatic carbocycles. The van der Waals surface area contributed by atoms with Crippen molar-refractivity contribution in [2.75, 3.05) is 0 Å². The molecule has 0 bridgehead atoms. The number of ether oxygens (including phenoxy) is 1. The number of esters is 1. The maximum atomic E-state index is 10.6. The molecule has 0 saturated heterocycles. The summed E-state index contributed by atoms with van der Waals surface area (Å²) in [5.41, 5.74) is -0.133. The first kappa shape index (κ1) is 12.5. The Hall–Kier alpha value is -0.530. The first-order valence-corrected chi connectivity index (χ1v) is 5.23. The Balaban J connectivity index is 0.000000424. The average Bonchev–Trinajstić information content (AvgIpc) is 2.35. The number of hydrogen-bond donors (Lipinski definition) is 0. The zero-order valence-corrected chi connectivity index (χ0v) is 9.35. The number of hydrogen-bond acceptors (Lipinski definition) is 2. The van der Waals surface area contributed by atoms with Crippen LogP contribution in [0.25, 0.3) is 0 Å². The van der Waals surface area contributed by atoms with Crippen molar-refractivity contribution in [1.82, 2.24) is 0 Å². The van der Waals surface area contributed by atoms with Crippen LogP contribution < -0.4 is 0 Å². The topological polar surface area (TPSA) is 26.3 Å². The third kappa shape index (κ3) is 5.67. The molecule has 0 spiro atoms. The zero-order valence-electron chi connectivity index (χ0n) is 9.35. The summed E-state index contributed by atoms with van der Waals surface area (Å²) in [5, 5.41) is 0. The summed E-state index contributed by atoms with van der Waals surface area (Å²) in [6.07, 6.45) is 5.72. The number of rotatable bonds is 1. The fourth-order valence-electron chi connectivity index (χ4n) is 1.57. The first-order valence-electron chi connectivity index (χ1n) is 5.23. The van der Waals surface area contributed by atoms with Gasteiger partial charge < -0.3 is 4.74 Å². The third-order valence-electron chi connectivity index (χ3n) is 2.05. The first-order chi connectivity index (χ1) is 6.04. The van der Waals surface area contributed by atoms with Crippen molar-refractivity contribution in [3.8, 4) is 0 Å². The Morgan fingerprint density at radius 1 is 1.31 bits per heavy atom. The molecule has 0 atom stereocenters. The number of carbonyl (C=O) groups excluding carboxylic acids is 1. The minimum absolute atomic E-state index is 0.133. The molecule has 78 valence electrons. The van der Waals surface area contributed by atoms with Crippen LogP contribution in [0.5, 0.6) is 0 Å². The standard InChI is InChI=1S/C8H14O2.C3H8/c1-7(9)10-8(2)5-3-4-6-8;1-3-2/h3-6H2,1-2H3;3H2,1-2H3. The van der Waals surface area contributed by atoms with Gasteiger partial charge in [-0.2, -0.15) is 0 Å². The SMILES string of the molecule is CC(=O)OC1(C)CCCC1.CCC. The predicted octanol–water partition coefficient (Wildman–Crippen LogP) is 3.30. The van der Waals surface area contributed by atoms with Crippen molar-refractivity contribution in [2.24, 2.45) is 0 Å². The van der Waals surface area contributed by atoms with Gasteiger partial charge in [-0.1, -0.05) is 20.3 Å². The highest BCUT2D eigenvalue weighted by atomic mass is 16.6. The smallest absolute Gasteiger partial charge is 0.303 e. The Labute approximate surface area is 81.7 Å². The van der Waals surface area contributed by atoms with Crippen molar-refractivity contribution in [2.45, 2.75) is 65.4 Å². The molecule has 0 aromatic carbocycles. The fraction of sp³-hybridized carbons (Fsp3) is 0.909. The van der Waals surface area contributed by atoms with Crippen LogP contribution in [0, 0.1) is 0 Å². The minimum atomic E-state index is -0.149. The summed E-state index contributed by atoms with van der Waals surface area (Å²) >= 11 is 0. The van der Waals surface area contributed by atoms with Crippen molar-refractivity contribution in [3.63, 3.8) is 0 Å². The van der Waals surface area contributed by atoms with Gasteiger partial charge in [0.15, 0.2) is 0 Å². The lowest BCUT2D eigenvalue weighted by Gasteiger charge is -2.22. The van der Waals surface area contributed by atoms with E-state index in [4.69, 9.17) is 4.74 Å². The molecule has 1 saturated carbocycles. The summed E-state index contributed by atoms with van der Waals surface area (Å²) in [7, 11) is 0. The van der Waals surface area contributed by atoms with E-state index in [0.29, 0.717) is 0 Å². The van der Waals surface area contributed by atoms with E-state index in [1.807, 2.05) is 6.92 Å². The lowest BCUT2D eigenvalue weighted by molar-refractivity contribution is -0.154. The van der Waals surface area contributed by atoms with Gasteiger partial charge in [0.25, 0.3) is 0 Å². The lowest BCUT2D eigenvalue weighted by Crippen LogP contribution is -2.26. The van der Waals surface area contributed by atoms with E-state index < -0.39 is 0 Å². The van der Waals surface area contributed by atoms with Crippen LogP contribution >= 0.6 is 0 Å². The molecule has 2 heteroatoms. The molecule has 2 nitrogen and oxygen atoms in total. The van der Waals surface area contributed by atoms with Crippen LogP contribution in [0.15, 0.2) is 0 Å². The van der Waals surface area contributed by atoms with Gasteiger partial charge in [-0.25, -0.2) is 0 Å². The normalized spacial score (nSPS) is 18.8. The van der Waals surface area contributed by atoms with Gasteiger partial charge >= 0.3 is 5.97 Å². The van der Waals surface area contributed by atoms with Gasteiger partial charge in [-0.3, -0.25) is 4.79 Å². The van der Waals surface area contributed by atoms with Crippen LogP contribution in [0.1, 0.15) is 59.8 Å². The number of carbonyl (C=O) groups is 1. The second-order valence-corrected chi connectivity index (χ2v) is 3.96. The molecule has 0 amide bonds. The van der Waals surface area contributed by atoms with Gasteiger partial charge in [0.1, 0.15) is 5.60 Å². The van der Waals surface area contributed by atoms with Crippen LogP contribution in [0.3, 0.4) is 0 Å². The molecule has 0 heterocycles. The molecule has 13 heavy (non-hydrogen) atoms. The highest BCUT2D eigenvalue weighted by Gasteiger charge is 2.31. The molecule has 1 aliphatic rings. The average molecular weight is 186 g/mol. The van der Waals surface area contributed by atoms with E-state index in [1.165, 1.54) is 26.2 Å². The van der Waals surface area contributed by atoms with Gasteiger partial charge in [-0.15, -0.1) is 0 Å². The molecular weight excluding hydrogens is 164 g/mol. The summed E-state index contributed by atoms with van der Waals surface area (Å²) < 4.78 is 5.16. The molecule has 0 unspecified atom stereocenters. The lowest BCUT2D eigenvalue weighted by atomic mass is 10.1. The Bertz CT molecular complexity index is 146. The third-order valence-corrected chi connectivity index (χ3v) is 2.05. The van der Waals surface area contributed by atoms with Crippen molar-refractivity contribution < 1.29 is 9.53 Å². The van der Waals surface area contributed by atoms with Crippen LogP contribution in [-0.2, 0) is 9.53 Å². The molecule has 0 aliphatic heterocycles. The van der Waals surface area contributed by atoms with Gasteiger partial charge in [0.2, 0.25) is 0 Å². The van der Waals surface area contributed by atoms with Crippen LogP contribution in [0.2, 0.25) is 0 Å². The second-order valence-electron chi connectivity index (χ2n) is 3.96. The maximum absolute atomic E-state index is 10.6. The summed E-state index contributed by atoms with van der Waals surface area (Å²) in [6, 6.07) is 0. The Morgan fingerprint density at radius 3 is 2.00 bits per heavy atom. The van der Waals surface area contributed by atoms with Crippen molar-refractivity contribution in [1.29, 1.82) is 0 Å². The van der Waals surface area contributed by atoms with E-state index in [-0.39, 0.29) is 11.6 Å². The van der Waals surface area contributed by atoms with E-state index in [0.717, 1.165) is 12.8 Å². The molecule has 0 N–H and O–H groups in total. The van der Waals surface area contributed by atoms with Gasteiger partial charge in [0.05, 0.1) is 0 Å². The summed E-state index contributed by atoms with van der Waals surface area (Å²) in [5.74, 6) is -0.149. The quantitative estimate of drug-likeness (QED) is 0.587. The Morgan fingerprint density at radius 2 is 1.69 bits per heavy atom. The van der Waals surface area contributed by atoms with Crippen molar-refractivity contribution in [3.05, 3.63) is 0 Å².